The molecule has 0 aliphatic carbocycles. The molecule has 0 spiro atoms. The summed E-state index contributed by atoms with van der Waals surface area (Å²) in [6.45, 7) is 2.02. The summed E-state index contributed by atoms with van der Waals surface area (Å²) in [5.74, 6) is 0. The lowest BCUT2D eigenvalue weighted by molar-refractivity contribution is -0.387. The van der Waals surface area contributed by atoms with Crippen molar-refractivity contribution in [2.24, 2.45) is 0 Å². The van der Waals surface area contributed by atoms with Gasteiger partial charge in [0.05, 0.1) is 9.82 Å². The Labute approximate surface area is 98.6 Å². The van der Waals surface area contributed by atoms with E-state index in [9.17, 15) is 10.1 Å². The van der Waals surface area contributed by atoms with Crippen molar-refractivity contribution in [1.29, 1.82) is 0 Å². The van der Waals surface area contributed by atoms with Gasteiger partial charge in [0.15, 0.2) is 0 Å². The van der Waals surface area contributed by atoms with Crippen LogP contribution in [0, 0.1) is 10.1 Å². The first-order valence-electron chi connectivity index (χ1n) is 5.38. The minimum absolute atomic E-state index is 0.228. The molecular weight excluding hydrogens is 224 g/mol. The van der Waals surface area contributed by atoms with Crippen LogP contribution in [-0.2, 0) is 0 Å². The second-order valence-corrected chi connectivity index (χ2v) is 5.13. The van der Waals surface area contributed by atoms with Crippen LogP contribution in [0.4, 0.5) is 5.69 Å². The number of rotatable bonds is 3. The van der Waals surface area contributed by atoms with Gasteiger partial charge in [-0.05, 0) is 32.0 Å². The fourth-order valence-corrected chi connectivity index (χ4v) is 3.05. The normalized spacial score (nSPS) is 17.2. The summed E-state index contributed by atoms with van der Waals surface area (Å²) in [4.78, 5) is 11.3. The highest BCUT2D eigenvalue weighted by molar-refractivity contribution is 8.00. The van der Waals surface area contributed by atoms with Gasteiger partial charge in [0.2, 0.25) is 0 Å². The lowest BCUT2D eigenvalue weighted by Crippen LogP contribution is -2.29. The van der Waals surface area contributed by atoms with Crippen LogP contribution >= 0.6 is 11.8 Å². The zero-order chi connectivity index (χ0) is 11.4. The SMILES string of the molecule is O=[N+]([O-])c1ccccc1SC1CCNCC1. The zero-order valence-electron chi connectivity index (χ0n) is 8.89. The van der Waals surface area contributed by atoms with Crippen molar-refractivity contribution in [3.63, 3.8) is 0 Å². The van der Waals surface area contributed by atoms with Crippen LogP contribution in [0.15, 0.2) is 29.2 Å². The average molecular weight is 238 g/mol. The van der Waals surface area contributed by atoms with Gasteiger partial charge in [-0.15, -0.1) is 11.8 Å². The first kappa shape index (κ1) is 11.4. The van der Waals surface area contributed by atoms with E-state index in [-0.39, 0.29) is 10.6 Å². The maximum absolute atomic E-state index is 10.8. The summed E-state index contributed by atoms with van der Waals surface area (Å²) < 4.78 is 0. The van der Waals surface area contributed by atoms with Gasteiger partial charge >= 0.3 is 0 Å². The number of nitro groups is 1. The number of thioether (sulfide) groups is 1. The van der Waals surface area contributed by atoms with Crippen LogP contribution in [0.5, 0.6) is 0 Å². The summed E-state index contributed by atoms with van der Waals surface area (Å²) in [7, 11) is 0. The lowest BCUT2D eigenvalue weighted by Gasteiger charge is -2.21. The molecule has 0 saturated carbocycles. The molecule has 1 heterocycles. The molecule has 1 saturated heterocycles. The molecule has 0 atom stereocenters. The van der Waals surface area contributed by atoms with E-state index in [0.717, 1.165) is 30.8 Å². The maximum atomic E-state index is 10.8. The van der Waals surface area contributed by atoms with E-state index in [4.69, 9.17) is 0 Å². The molecule has 0 bridgehead atoms. The van der Waals surface area contributed by atoms with Gasteiger partial charge in [-0.2, -0.15) is 0 Å². The minimum Gasteiger partial charge on any atom is -0.317 e. The molecule has 0 radical (unpaired) electrons. The number of piperidine rings is 1. The standard InChI is InChI=1S/C11H14N2O2S/c14-13(15)10-3-1-2-4-11(10)16-9-5-7-12-8-6-9/h1-4,9,12H,5-8H2. The Hall–Kier alpha value is -1.07. The van der Waals surface area contributed by atoms with Crippen molar-refractivity contribution < 1.29 is 4.92 Å². The Bertz CT molecular complexity index is 378. The summed E-state index contributed by atoms with van der Waals surface area (Å²) in [6, 6.07) is 6.98. The number of nitrogens with one attached hydrogen (secondary N) is 1. The molecule has 0 amide bonds. The van der Waals surface area contributed by atoms with Gasteiger partial charge < -0.3 is 5.32 Å². The molecule has 1 aromatic carbocycles. The molecule has 1 aromatic rings. The Morgan fingerprint density at radius 2 is 2.00 bits per heavy atom. The third-order valence-electron chi connectivity index (χ3n) is 2.64. The molecule has 0 unspecified atom stereocenters. The second-order valence-electron chi connectivity index (χ2n) is 3.79. The van der Waals surface area contributed by atoms with Crippen molar-refractivity contribution in [2.75, 3.05) is 13.1 Å². The fourth-order valence-electron chi connectivity index (χ4n) is 1.80. The molecular formula is C11H14N2O2S. The Morgan fingerprint density at radius 1 is 1.31 bits per heavy atom. The molecule has 1 N–H and O–H groups in total. The third-order valence-corrected chi connectivity index (χ3v) is 4.05. The molecule has 4 nitrogen and oxygen atoms in total. The van der Waals surface area contributed by atoms with Crippen LogP contribution in [-0.4, -0.2) is 23.3 Å². The number of para-hydroxylation sites is 1. The molecule has 16 heavy (non-hydrogen) atoms. The van der Waals surface area contributed by atoms with Crippen molar-refractivity contribution in [3.8, 4) is 0 Å². The second kappa shape index (κ2) is 5.32. The van der Waals surface area contributed by atoms with E-state index in [1.54, 1.807) is 23.9 Å². The van der Waals surface area contributed by atoms with Crippen LogP contribution in [0.2, 0.25) is 0 Å². The highest BCUT2D eigenvalue weighted by atomic mass is 32.2. The quantitative estimate of drug-likeness (QED) is 0.649. The number of hydrogen-bond acceptors (Lipinski definition) is 4. The van der Waals surface area contributed by atoms with Crippen molar-refractivity contribution in [3.05, 3.63) is 34.4 Å². The van der Waals surface area contributed by atoms with Crippen LogP contribution in [0.25, 0.3) is 0 Å². The smallest absolute Gasteiger partial charge is 0.282 e. The Kier molecular flexibility index (Phi) is 3.79. The predicted molar refractivity (Wildman–Crippen MR) is 64.8 cm³/mol. The van der Waals surface area contributed by atoms with E-state index in [1.165, 1.54) is 0 Å². The van der Waals surface area contributed by atoms with Crippen molar-refractivity contribution in [1.82, 2.24) is 5.32 Å². The topological polar surface area (TPSA) is 55.2 Å². The van der Waals surface area contributed by atoms with Crippen LogP contribution < -0.4 is 5.32 Å². The highest BCUT2D eigenvalue weighted by Crippen LogP contribution is 2.34. The van der Waals surface area contributed by atoms with E-state index in [1.807, 2.05) is 12.1 Å². The molecule has 86 valence electrons. The molecule has 1 aliphatic heterocycles. The first-order chi connectivity index (χ1) is 7.77. The van der Waals surface area contributed by atoms with Gasteiger partial charge in [0.1, 0.15) is 0 Å². The Balaban J connectivity index is 2.10. The molecule has 2 rings (SSSR count). The Morgan fingerprint density at radius 3 is 2.69 bits per heavy atom. The van der Waals surface area contributed by atoms with E-state index in [0.29, 0.717) is 5.25 Å². The largest absolute Gasteiger partial charge is 0.317 e. The fraction of sp³-hybridized carbons (Fsp3) is 0.455. The van der Waals surface area contributed by atoms with Gasteiger partial charge in [-0.3, -0.25) is 10.1 Å². The molecule has 1 aliphatic rings. The van der Waals surface area contributed by atoms with E-state index >= 15 is 0 Å². The number of hydrogen-bond donors (Lipinski definition) is 1. The monoisotopic (exact) mass is 238 g/mol. The zero-order valence-corrected chi connectivity index (χ0v) is 9.70. The predicted octanol–water partition coefficient (Wildman–Crippen LogP) is 2.44. The minimum atomic E-state index is -0.302. The summed E-state index contributed by atoms with van der Waals surface area (Å²) in [5.41, 5.74) is 0.228. The maximum Gasteiger partial charge on any atom is 0.282 e. The first-order valence-corrected chi connectivity index (χ1v) is 6.26. The average Bonchev–Trinajstić information content (AvgIpc) is 2.31. The van der Waals surface area contributed by atoms with Crippen molar-refractivity contribution >= 4 is 17.4 Å². The third kappa shape index (κ3) is 2.74. The number of benzene rings is 1. The van der Waals surface area contributed by atoms with Gasteiger partial charge in [-0.25, -0.2) is 0 Å². The van der Waals surface area contributed by atoms with Gasteiger partial charge in [0, 0.05) is 11.3 Å². The summed E-state index contributed by atoms with van der Waals surface area (Å²) in [5, 5.41) is 14.6. The van der Waals surface area contributed by atoms with E-state index in [2.05, 4.69) is 5.32 Å². The number of nitro benzene ring substituents is 1. The highest BCUT2D eigenvalue weighted by Gasteiger charge is 2.19. The number of nitrogens with zero attached hydrogens (tertiary/aromatic N) is 1. The van der Waals surface area contributed by atoms with Gasteiger partial charge in [0.25, 0.3) is 5.69 Å². The summed E-state index contributed by atoms with van der Waals surface area (Å²) >= 11 is 1.64. The summed E-state index contributed by atoms with van der Waals surface area (Å²) in [6.07, 6.45) is 2.16. The van der Waals surface area contributed by atoms with Gasteiger partial charge in [-0.1, -0.05) is 12.1 Å². The van der Waals surface area contributed by atoms with Crippen LogP contribution in [0.3, 0.4) is 0 Å². The van der Waals surface area contributed by atoms with E-state index < -0.39 is 0 Å². The molecule has 5 heteroatoms. The molecule has 1 fully saturated rings. The van der Waals surface area contributed by atoms with Crippen molar-refractivity contribution in [2.45, 2.75) is 23.0 Å². The molecule has 0 aromatic heterocycles. The lowest BCUT2D eigenvalue weighted by atomic mass is 10.2. The van der Waals surface area contributed by atoms with Crippen LogP contribution in [0.1, 0.15) is 12.8 Å².